The molecule has 3 rings (SSSR count). The van der Waals surface area contributed by atoms with E-state index in [9.17, 15) is 18.0 Å². The van der Waals surface area contributed by atoms with E-state index in [1.165, 1.54) is 16.4 Å². The van der Waals surface area contributed by atoms with Crippen molar-refractivity contribution in [3.63, 3.8) is 0 Å². The SMILES string of the molecule is NC(=O)C1CCN(S(=O)(=O)c2cccc(C(=O)Nc3cccc(Br)c3)c2)CC1. The number of rotatable bonds is 5. The molecule has 1 heterocycles. The molecule has 0 spiro atoms. The van der Waals surface area contributed by atoms with E-state index in [1.54, 1.807) is 30.3 Å². The molecule has 1 fully saturated rings. The predicted molar refractivity (Wildman–Crippen MR) is 109 cm³/mol. The first-order chi connectivity index (χ1) is 13.3. The Hall–Kier alpha value is -2.23. The molecule has 9 heteroatoms. The summed E-state index contributed by atoms with van der Waals surface area (Å²) in [5.41, 5.74) is 6.15. The van der Waals surface area contributed by atoms with E-state index < -0.39 is 21.8 Å². The molecule has 28 heavy (non-hydrogen) atoms. The van der Waals surface area contributed by atoms with Gasteiger partial charge >= 0.3 is 0 Å². The number of primary amides is 1. The van der Waals surface area contributed by atoms with Crippen LogP contribution in [0.3, 0.4) is 0 Å². The van der Waals surface area contributed by atoms with E-state index >= 15 is 0 Å². The number of piperidine rings is 1. The van der Waals surface area contributed by atoms with Crippen molar-refractivity contribution in [2.75, 3.05) is 18.4 Å². The quantitative estimate of drug-likeness (QED) is 0.706. The number of sulfonamides is 1. The maximum atomic E-state index is 12.9. The molecular formula is C19H20BrN3O4S. The van der Waals surface area contributed by atoms with Crippen molar-refractivity contribution >= 4 is 43.5 Å². The molecule has 2 aromatic rings. The number of nitrogens with two attached hydrogens (primary N) is 1. The fraction of sp³-hybridized carbons (Fsp3) is 0.263. The molecule has 1 aliphatic heterocycles. The molecule has 7 nitrogen and oxygen atoms in total. The monoisotopic (exact) mass is 465 g/mol. The maximum Gasteiger partial charge on any atom is 0.255 e. The topological polar surface area (TPSA) is 110 Å². The van der Waals surface area contributed by atoms with Crippen molar-refractivity contribution in [3.8, 4) is 0 Å². The van der Waals surface area contributed by atoms with Gasteiger partial charge in [0.05, 0.1) is 4.90 Å². The van der Waals surface area contributed by atoms with Gasteiger partial charge in [-0.2, -0.15) is 4.31 Å². The van der Waals surface area contributed by atoms with Gasteiger partial charge in [-0.3, -0.25) is 9.59 Å². The third-order valence-electron chi connectivity index (χ3n) is 4.67. The molecule has 2 amide bonds. The van der Waals surface area contributed by atoms with Crippen LogP contribution in [0.1, 0.15) is 23.2 Å². The highest BCUT2D eigenvalue weighted by Gasteiger charge is 2.31. The minimum atomic E-state index is -3.75. The van der Waals surface area contributed by atoms with Crippen molar-refractivity contribution < 1.29 is 18.0 Å². The normalized spacial score (nSPS) is 15.9. The largest absolute Gasteiger partial charge is 0.369 e. The van der Waals surface area contributed by atoms with Crippen LogP contribution in [-0.2, 0) is 14.8 Å². The fourth-order valence-corrected chi connectivity index (χ4v) is 5.01. The molecule has 0 saturated carbocycles. The molecule has 0 aliphatic carbocycles. The molecule has 2 aromatic carbocycles. The van der Waals surface area contributed by atoms with Gasteiger partial charge in [0.2, 0.25) is 15.9 Å². The number of amides is 2. The lowest BCUT2D eigenvalue weighted by Gasteiger charge is -2.29. The number of carbonyl (C=O) groups excluding carboxylic acids is 2. The van der Waals surface area contributed by atoms with E-state index in [2.05, 4.69) is 21.2 Å². The van der Waals surface area contributed by atoms with Crippen molar-refractivity contribution in [2.45, 2.75) is 17.7 Å². The van der Waals surface area contributed by atoms with Crippen LogP contribution in [0.2, 0.25) is 0 Å². The van der Waals surface area contributed by atoms with E-state index in [1.807, 2.05) is 6.07 Å². The van der Waals surface area contributed by atoms with Crippen LogP contribution in [0.15, 0.2) is 57.9 Å². The third kappa shape index (κ3) is 4.60. The standard InChI is InChI=1S/C19H20BrN3O4S/c20-15-4-2-5-16(12-15)22-19(25)14-3-1-6-17(11-14)28(26,27)23-9-7-13(8-10-23)18(21)24/h1-6,11-13H,7-10H2,(H2,21,24)(H,22,25). The molecule has 0 bridgehead atoms. The van der Waals surface area contributed by atoms with Gasteiger partial charge in [-0.15, -0.1) is 0 Å². The number of hydrogen-bond donors (Lipinski definition) is 2. The van der Waals surface area contributed by atoms with Gasteiger partial charge in [-0.05, 0) is 49.2 Å². The van der Waals surface area contributed by atoms with Crippen molar-refractivity contribution in [3.05, 3.63) is 58.6 Å². The Bertz CT molecular complexity index is 1000. The van der Waals surface area contributed by atoms with Crippen LogP contribution < -0.4 is 11.1 Å². The van der Waals surface area contributed by atoms with E-state index in [4.69, 9.17) is 5.73 Å². The molecule has 0 unspecified atom stereocenters. The van der Waals surface area contributed by atoms with Gasteiger partial charge in [0, 0.05) is 34.7 Å². The Labute approximate surface area is 172 Å². The van der Waals surface area contributed by atoms with Gasteiger partial charge < -0.3 is 11.1 Å². The van der Waals surface area contributed by atoms with Gasteiger partial charge in [-0.25, -0.2) is 8.42 Å². The summed E-state index contributed by atoms with van der Waals surface area (Å²) in [7, 11) is -3.75. The highest BCUT2D eigenvalue weighted by Crippen LogP contribution is 2.24. The molecule has 0 atom stereocenters. The molecule has 0 aromatic heterocycles. The molecule has 1 saturated heterocycles. The van der Waals surface area contributed by atoms with Gasteiger partial charge in [0.1, 0.15) is 0 Å². The third-order valence-corrected chi connectivity index (χ3v) is 7.06. The van der Waals surface area contributed by atoms with E-state index in [-0.39, 0.29) is 29.5 Å². The van der Waals surface area contributed by atoms with Crippen LogP contribution >= 0.6 is 15.9 Å². The number of halogens is 1. The lowest BCUT2D eigenvalue weighted by molar-refractivity contribution is -0.122. The van der Waals surface area contributed by atoms with Gasteiger partial charge in [0.25, 0.3) is 5.91 Å². The summed E-state index contributed by atoms with van der Waals surface area (Å²) in [4.78, 5) is 23.8. The van der Waals surface area contributed by atoms with E-state index in [0.29, 0.717) is 18.5 Å². The highest BCUT2D eigenvalue weighted by atomic mass is 79.9. The number of benzene rings is 2. The van der Waals surface area contributed by atoms with Crippen LogP contribution in [0.5, 0.6) is 0 Å². The van der Waals surface area contributed by atoms with Crippen molar-refractivity contribution in [2.24, 2.45) is 11.7 Å². The first-order valence-corrected chi connectivity index (χ1v) is 11.0. The Kier molecular flexibility index (Phi) is 6.17. The second-order valence-electron chi connectivity index (χ2n) is 6.57. The molecule has 1 aliphatic rings. The molecule has 0 radical (unpaired) electrons. The summed E-state index contributed by atoms with van der Waals surface area (Å²) < 4.78 is 28.0. The molecule has 3 N–H and O–H groups in total. The zero-order valence-corrected chi connectivity index (χ0v) is 17.4. The first-order valence-electron chi connectivity index (χ1n) is 8.74. The Morgan fingerprint density at radius 3 is 2.39 bits per heavy atom. The minimum absolute atomic E-state index is 0.0481. The summed E-state index contributed by atoms with van der Waals surface area (Å²) in [6.07, 6.45) is 0.801. The van der Waals surface area contributed by atoms with Gasteiger partial charge in [-0.1, -0.05) is 28.1 Å². The zero-order chi connectivity index (χ0) is 20.3. The maximum absolute atomic E-state index is 12.9. The fourth-order valence-electron chi connectivity index (χ4n) is 3.10. The molecule has 148 valence electrons. The van der Waals surface area contributed by atoms with Crippen molar-refractivity contribution in [1.29, 1.82) is 0 Å². The van der Waals surface area contributed by atoms with Gasteiger partial charge in [0.15, 0.2) is 0 Å². The van der Waals surface area contributed by atoms with Crippen LogP contribution in [-0.4, -0.2) is 37.6 Å². The smallest absolute Gasteiger partial charge is 0.255 e. The second kappa shape index (κ2) is 8.42. The summed E-state index contributed by atoms with van der Waals surface area (Å²) >= 11 is 3.34. The summed E-state index contributed by atoms with van der Waals surface area (Å²) in [6, 6.07) is 13.0. The summed E-state index contributed by atoms with van der Waals surface area (Å²) in [6.45, 7) is 0.453. The lowest BCUT2D eigenvalue weighted by atomic mass is 9.98. The number of carbonyl (C=O) groups is 2. The highest BCUT2D eigenvalue weighted by molar-refractivity contribution is 9.10. The predicted octanol–water partition coefficient (Wildman–Crippen LogP) is 2.59. The number of nitrogens with zero attached hydrogens (tertiary/aromatic N) is 1. The summed E-state index contributed by atoms with van der Waals surface area (Å²) in [5.74, 6) is -1.10. The number of anilines is 1. The zero-order valence-electron chi connectivity index (χ0n) is 15.0. The van der Waals surface area contributed by atoms with Crippen LogP contribution in [0.4, 0.5) is 5.69 Å². The average Bonchev–Trinajstić information content (AvgIpc) is 2.68. The van der Waals surface area contributed by atoms with E-state index in [0.717, 1.165) is 4.47 Å². The first kappa shape index (κ1) is 20.5. The van der Waals surface area contributed by atoms with Crippen LogP contribution in [0, 0.1) is 5.92 Å². The lowest BCUT2D eigenvalue weighted by Crippen LogP contribution is -2.41. The summed E-state index contributed by atoms with van der Waals surface area (Å²) in [5, 5.41) is 2.75. The second-order valence-corrected chi connectivity index (χ2v) is 9.43. The van der Waals surface area contributed by atoms with Crippen LogP contribution in [0.25, 0.3) is 0 Å². The number of hydrogen-bond acceptors (Lipinski definition) is 4. The Balaban J connectivity index is 1.76. The number of nitrogens with one attached hydrogen (secondary N) is 1. The Morgan fingerprint density at radius 2 is 1.75 bits per heavy atom. The average molecular weight is 466 g/mol. The Morgan fingerprint density at radius 1 is 1.07 bits per heavy atom. The minimum Gasteiger partial charge on any atom is -0.369 e. The molecular weight excluding hydrogens is 446 g/mol. The van der Waals surface area contributed by atoms with Crippen molar-refractivity contribution in [1.82, 2.24) is 4.31 Å².